The summed E-state index contributed by atoms with van der Waals surface area (Å²) in [7, 11) is 1.00. The van der Waals surface area contributed by atoms with Gasteiger partial charge < -0.3 is 13.9 Å². The van der Waals surface area contributed by atoms with Gasteiger partial charge in [0.1, 0.15) is 22.3 Å². The van der Waals surface area contributed by atoms with E-state index in [1.807, 2.05) is 24.3 Å². The van der Waals surface area contributed by atoms with Gasteiger partial charge in [0.15, 0.2) is 0 Å². The van der Waals surface area contributed by atoms with Crippen molar-refractivity contribution in [2.45, 2.75) is 20.8 Å². The second-order valence-electron chi connectivity index (χ2n) is 14.4. The van der Waals surface area contributed by atoms with Gasteiger partial charge in [-0.1, -0.05) is 144 Å². The zero-order valence-corrected chi connectivity index (χ0v) is 32.7. The number of benzene rings is 9. The van der Waals surface area contributed by atoms with E-state index in [1.54, 1.807) is 0 Å². The summed E-state index contributed by atoms with van der Waals surface area (Å²) in [5, 5.41) is 16.9. The van der Waals surface area contributed by atoms with Crippen LogP contribution in [0.2, 0.25) is 0 Å². The molecule has 3 nitrogen and oxygen atoms in total. The first kappa shape index (κ1) is 37.0. The Hall–Kier alpha value is -6.94. The highest BCUT2D eigenvalue weighted by atomic mass is 16.3. The van der Waals surface area contributed by atoms with Crippen molar-refractivity contribution in [1.82, 2.24) is 0 Å². The minimum absolute atomic E-state index is 0.907. The van der Waals surface area contributed by atoms with Gasteiger partial charge in [0, 0.05) is 28.7 Å². The topological polar surface area (TPSA) is 46.5 Å². The van der Waals surface area contributed by atoms with Crippen LogP contribution in [0, 0.1) is 20.8 Å². The zero-order chi connectivity index (χ0) is 39.3. The molecule has 2 heterocycles. The smallest absolute Gasteiger partial charge is 0.135 e. The lowest BCUT2D eigenvalue weighted by molar-refractivity contribution is 0.399. The Morgan fingerprint density at radius 1 is 0.281 bits per heavy atom. The Morgan fingerprint density at radius 3 is 1.18 bits per heavy atom. The molecule has 0 aliphatic rings. The SMILES string of the molecule is CO.Cc1ccc2cc3ccccc3cc2c1.Cc1ccc2oc3ccc(-c4ccc5oc6ccc(-c7ccccc7)cc6c5c4)cc3c2c1.Cc1ccccc1. The summed E-state index contributed by atoms with van der Waals surface area (Å²) in [6.45, 7) is 6.33. The van der Waals surface area contributed by atoms with Gasteiger partial charge in [0.2, 0.25) is 0 Å². The van der Waals surface area contributed by atoms with Gasteiger partial charge in [-0.25, -0.2) is 0 Å². The normalized spacial score (nSPS) is 10.9. The summed E-state index contributed by atoms with van der Waals surface area (Å²) in [4.78, 5) is 0. The minimum atomic E-state index is 0.907. The molecule has 0 aliphatic heterocycles. The van der Waals surface area contributed by atoms with Crippen LogP contribution in [0.3, 0.4) is 0 Å². The van der Waals surface area contributed by atoms with Crippen molar-refractivity contribution in [3.05, 3.63) is 205 Å². The van der Waals surface area contributed by atoms with E-state index in [4.69, 9.17) is 13.9 Å². The third-order valence-corrected chi connectivity index (χ3v) is 10.3. The van der Waals surface area contributed by atoms with Crippen LogP contribution in [0.25, 0.3) is 87.7 Å². The third kappa shape index (κ3) is 7.93. The predicted molar refractivity (Wildman–Crippen MR) is 242 cm³/mol. The van der Waals surface area contributed by atoms with Crippen LogP contribution >= 0.6 is 0 Å². The summed E-state index contributed by atoms with van der Waals surface area (Å²) in [5.41, 5.74) is 12.3. The molecule has 0 spiro atoms. The summed E-state index contributed by atoms with van der Waals surface area (Å²) < 4.78 is 12.2. The van der Waals surface area contributed by atoms with Gasteiger partial charge in [-0.15, -0.1) is 0 Å². The van der Waals surface area contributed by atoms with E-state index in [-0.39, 0.29) is 0 Å². The second-order valence-corrected chi connectivity index (χ2v) is 14.4. The molecule has 0 saturated carbocycles. The number of aliphatic hydroxyl groups excluding tert-OH is 1. The molecule has 0 amide bonds. The maximum atomic E-state index is 7.00. The molecule has 1 N–H and O–H groups in total. The van der Waals surface area contributed by atoms with E-state index >= 15 is 0 Å². The Kier molecular flexibility index (Phi) is 10.7. The average molecular weight is 741 g/mol. The number of rotatable bonds is 2. The molecule has 278 valence electrons. The summed E-state index contributed by atoms with van der Waals surface area (Å²) >= 11 is 0. The van der Waals surface area contributed by atoms with Crippen molar-refractivity contribution in [1.29, 1.82) is 0 Å². The molecule has 0 fully saturated rings. The fraction of sp³-hybridized carbons (Fsp3) is 0.0741. The monoisotopic (exact) mass is 740 g/mol. The molecule has 57 heavy (non-hydrogen) atoms. The lowest BCUT2D eigenvalue weighted by Crippen LogP contribution is -1.79. The average Bonchev–Trinajstić information content (AvgIpc) is 3.81. The standard InChI is InChI=1S/C31H20O2.C15H12.C7H8.CH4O/c1-19-7-11-28-24(15-19)25-17-22(9-13-29(25)32-28)23-10-14-31-27(18-23)26-16-21(8-12-30(26)33-31)20-5-3-2-4-6-20;1-11-6-7-14-9-12-4-2-3-5-13(12)10-15(14)8-11;1-7-5-3-2-4-6-7;1-2/h2-18H,1H3;2-10H,1H3;2-6H,1H3;2H,1H3. The second kappa shape index (κ2) is 16.4. The van der Waals surface area contributed by atoms with Crippen molar-refractivity contribution in [3.63, 3.8) is 0 Å². The predicted octanol–water partition coefficient (Wildman–Crippen LogP) is 15.0. The molecular formula is C54H44O3. The summed E-state index contributed by atoms with van der Waals surface area (Å²) in [5.74, 6) is 0. The molecule has 0 aliphatic carbocycles. The van der Waals surface area contributed by atoms with Gasteiger partial charge in [0.25, 0.3) is 0 Å². The summed E-state index contributed by atoms with van der Waals surface area (Å²) in [6, 6.07) is 66.0. The number of hydrogen-bond donors (Lipinski definition) is 1. The van der Waals surface area contributed by atoms with E-state index in [1.165, 1.54) is 60.5 Å². The minimum Gasteiger partial charge on any atom is -0.456 e. The van der Waals surface area contributed by atoms with E-state index in [0.29, 0.717) is 0 Å². The molecule has 0 atom stereocenters. The van der Waals surface area contributed by atoms with Crippen molar-refractivity contribution in [2.75, 3.05) is 7.11 Å². The zero-order valence-electron chi connectivity index (χ0n) is 32.7. The Balaban J connectivity index is 0.000000156. The third-order valence-electron chi connectivity index (χ3n) is 10.3. The van der Waals surface area contributed by atoms with Crippen molar-refractivity contribution in [2.24, 2.45) is 0 Å². The van der Waals surface area contributed by atoms with Crippen molar-refractivity contribution < 1.29 is 13.9 Å². The quantitative estimate of drug-likeness (QED) is 0.180. The van der Waals surface area contributed by atoms with Crippen LogP contribution in [0.4, 0.5) is 0 Å². The first-order valence-electron chi connectivity index (χ1n) is 19.3. The van der Waals surface area contributed by atoms with E-state index in [0.717, 1.165) is 51.0 Å². The number of aryl methyl sites for hydroxylation is 3. The molecule has 11 aromatic rings. The lowest BCUT2D eigenvalue weighted by atomic mass is 9.99. The fourth-order valence-electron chi connectivity index (χ4n) is 7.43. The van der Waals surface area contributed by atoms with Gasteiger partial charge in [-0.05, 0) is 125 Å². The van der Waals surface area contributed by atoms with Crippen molar-refractivity contribution >= 4 is 65.4 Å². The highest BCUT2D eigenvalue weighted by Gasteiger charge is 2.13. The molecule has 9 aromatic carbocycles. The van der Waals surface area contributed by atoms with Crippen LogP contribution in [0.1, 0.15) is 16.7 Å². The van der Waals surface area contributed by atoms with E-state index in [2.05, 4.69) is 185 Å². The fourth-order valence-corrected chi connectivity index (χ4v) is 7.43. The lowest BCUT2D eigenvalue weighted by Gasteiger charge is -2.03. The van der Waals surface area contributed by atoms with Gasteiger partial charge in [0.05, 0.1) is 0 Å². The van der Waals surface area contributed by atoms with Crippen LogP contribution in [-0.2, 0) is 0 Å². The Bertz CT molecular complexity index is 3120. The van der Waals surface area contributed by atoms with E-state index in [9.17, 15) is 0 Å². The first-order valence-corrected chi connectivity index (χ1v) is 19.3. The molecule has 0 saturated heterocycles. The van der Waals surface area contributed by atoms with Gasteiger partial charge in [-0.2, -0.15) is 0 Å². The Labute approximate surface area is 333 Å². The maximum Gasteiger partial charge on any atom is 0.135 e. The molecule has 0 radical (unpaired) electrons. The molecule has 3 heteroatoms. The largest absolute Gasteiger partial charge is 0.456 e. The highest BCUT2D eigenvalue weighted by molar-refractivity contribution is 6.09. The van der Waals surface area contributed by atoms with Crippen LogP contribution < -0.4 is 0 Å². The molecule has 11 rings (SSSR count). The Morgan fingerprint density at radius 2 is 0.667 bits per heavy atom. The van der Waals surface area contributed by atoms with Crippen LogP contribution in [-0.4, -0.2) is 12.2 Å². The van der Waals surface area contributed by atoms with Crippen LogP contribution in [0.15, 0.2) is 197 Å². The first-order chi connectivity index (χ1) is 27.9. The van der Waals surface area contributed by atoms with Crippen molar-refractivity contribution in [3.8, 4) is 22.3 Å². The van der Waals surface area contributed by atoms with E-state index < -0.39 is 0 Å². The number of hydrogen-bond acceptors (Lipinski definition) is 3. The number of aliphatic hydroxyl groups is 1. The number of furan rings is 2. The van der Waals surface area contributed by atoms with Crippen LogP contribution in [0.5, 0.6) is 0 Å². The number of fused-ring (bicyclic) bond motifs is 8. The molecule has 0 bridgehead atoms. The van der Waals surface area contributed by atoms with Gasteiger partial charge >= 0.3 is 0 Å². The molecule has 0 unspecified atom stereocenters. The maximum absolute atomic E-state index is 7.00. The highest BCUT2D eigenvalue weighted by Crippen LogP contribution is 2.37. The molecular weight excluding hydrogens is 697 g/mol. The summed E-state index contributed by atoms with van der Waals surface area (Å²) in [6.07, 6.45) is 0. The van der Waals surface area contributed by atoms with Gasteiger partial charge in [-0.3, -0.25) is 0 Å². The molecule has 2 aromatic heterocycles.